The van der Waals surface area contributed by atoms with Gasteiger partial charge in [-0.15, -0.1) is 0 Å². The van der Waals surface area contributed by atoms with Gasteiger partial charge in [-0.25, -0.2) is 0 Å². The van der Waals surface area contributed by atoms with Gasteiger partial charge in [-0.05, 0) is 45.3 Å². The van der Waals surface area contributed by atoms with Crippen LogP contribution in [-0.4, -0.2) is 72.1 Å². The SMILES string of the molecule is CNC(=O)CCN1CCC(N2CCCC2C(=O)O)CC1. The van der Waals surface area contributed by atoms with E-state index in [1.54, 1.807) is 7.05 Å². The summed E-state index contributed by atoms with van der Waals surface area (Å²) in [7, 11) is 1.66. The molecule has 20 heavy (non-hydrogen) atoms. The fourth-order valence-corrected chi connectivity index (χ4v) is 3.35. The van der Waals surface area contributed by atoms with E-state index in [-0.39, 0.29) is 11.9 Å². The number of carbonyl (C=O) groups excluding carboxylic acids is 1. The fourth-order valence-electron chi connectivity index (χ4n) is 3.35. The van der Waals surface area contributed by atoms with Gasteiger partial charge < -0.3 is 15.3 Å². The van der Waals surface area contributed by atoms with E-state index in [4.69, 9.17) is 0 Å². The quantitative estimate of drug-likeness (QED) is 0.750. The van der Waals surface area contributed by atoms with E-state index in [0.29, 0.717) is 12.5 Å². The first kappa shape index (κ1) is 15.3. The monoisotopic (exact) mass is 283 g/mol. The summed E-state index contributed by atoms with van der Waals surface area (Å²) in [5, 5.41) is 11.9. The molecule has 2 aliphatic rings. The molecule has 1 unspecified atom stereocenters. The highest BCUT2D eigenvalue weighted by atomic mass is 16.4. The van der Waals surface area contributed by atoms with Gasteiger partial charge >= 0.3 is 5.97 Å². The van der Waals surface area contributed by atoms with E-state index >= 15 is 0 Å². The molecule has 2 fully saturated rings. The third-order valence-corrected chi connectivity index (χ3v) is 4.54. The minimum atomic E-state index is -0.676. The number of aliphatic carboxylic acids is 1. The Morgan fingerprint density at radius 2 is 1.90 bits per heavy atom. The highest BCUT2D eigenvalue weighted by Gasteiger charge is 2.36. The van der Waals surface area contributed by atoms with Crippen LogP contribution in [0, 0.1) is 0 Å². The van der Waals surface area contributed by atoms with Gasteiger partial charge in [-0.1, -0.05) is 0 Å². The van der Waals surface area contributed by atoms with Gasteiger partial charge in [0.05, 0.1) is 0 Å². The van der Waals surface area contributed by atoms with Crippen LogP contribution in [0.2, 0.25) is 0 Å². The van der Waals surface area contributed by atoms with Gasteiger partial charge in [0.1, 0.15) is 6.04 Å². The fraction of sp³-hybridized carbons (Fsp3) is 0.857. The molecule has 1 amide bonds. The first-order chi connectivity index (χ1) is 9.61. The van der Waals surface area contributed by atoms with E-state index in [9.17, 15) is 14.7 Å². The number of carbonyl (C=O) groups is 2. The molecule has 6 heteroatoms. The van der Waals surface area contributed by atoms with Crippen molar-refractivity contribution in [3.05, 3.63) is 0 Å². The molecular formula is C14H25N3O3. The van der Waals surface area contributed by atoms with Crippen LogP contribution >= 0.6 is 0 Å². The van der Waals surface area contributed by atoms with Crippen LogP contribution in [0.15, 0.2) is 0 Å². The number of nitrogens with zero attached hydrogens (tertiary/aromatic N) is 2. The van der Waals surface area contributed by atoms with Crippen LogP contribution < -0.4 is 5.32 Å². The zero-order valence-electron chi connectivity index (χ0n) is 12.2. The minimum absolute atomic E-state index is 0.0811. The molecule has 0 aromatic carbocycles. The van der Waals surface area contributed by atoms with Gasteiger partial charge in [-0.3, -0.25) is 14.5 Å². The van der Waals surface area contributed by atoms with Gasteiger partial charge in [0, 0.05) is 26.1 Å². The van der Waals surface area contributed by atoms with Crippen molar-refractivity contribution in [2.45, 2.75) is 44.2 Å². The van der Waals surface area contributed by atoms with E-state index in [0.717, 1.165) is 51.9 Å². The van der Waals surface area contributed by atoms with E-state index in [1.165, 1.54) is 0 Å². The van der Waals surface area contributed by atoms with Crippen LogP contribution in [0.25, 0.3) is 0 Å². The number of carboxylic acids is 1. The maximum absolute atomic E-state index is 11.2. The summed E-state index contributed by atoms with van der Waals surface area (Å²) in [6, 6.07) is 0.118. The number of piperidine rings is 1. The Kier molecular flexibility index (Phi) is 5.37. The summed E-state index contributed by atoms with van der Waals surface area (Å²) in [5.74, 6) is -0.595. The second kappa shape index (κ2) is 7.04. The van der Waals surface area contributed by atoms with Crippen molar-refractivity contribution in [2.75, 3.05) is 33.2 Å². The number of rotatable bonds is 5. The molecule has 1 atom stereocenters. The molecule has 0 radical (unpaired) electrons. The average molecular weight is 283 g/mol. The second-order valence-corrected chi connectivity index (χ2v) is 5.73. The highest BCUT2D eigenvalue weighted by Crippen LogP contribution is 2.26. The molecule has 2 aliphatic heterocycles. The molecule has 6 nitrogen and oxygen atoms in total. The number of carboxylic acid groups (broad SMARTS) is 1. The number of hydrogen-bond acceptors (Lipinski definition) is 4. The predicted octanol–water partition coefficient (Wildman–Crippen LogP) is 0.136. The van der Waals surface area contributed by atoms with Crippen molar-refractivity contribution >= 4 is 11.9 Å². The summed E-state index contributed by atoms with van der Waals surface area (Å²) in [6.45, 7) is 3.64. The smallest absolute Gasteiger partial charge is 0.320 e. The highest BCUT2D eigenvalue weighted by molar-refractivity contribution is 5.75. The lowest BCUT2D eigenvalue weighted by atomic mass is 10.0. The van der Waals surface area contributed by atoms with Gasteiger partial charge in [0.15, 0.2) is 0 Å². The summed E-state index contributed by atoms with van der Waals surface area (Å²) in [6.07, 6.45) is 4.34. The van der Waals surface area contributed by atoms with Crippen molar-refractivity contribution in [2.24, 2.45) is 0 Å². The van der Waals surface area contributed by atoms with Crippen molar-refractivity contribution in [1.29, 1.82) is 0 Å². The van der Waals surface area contributed by atoms with Crippen molar-refractivity contribution < 1.29 is 14.7 Å². The molecule has 0 spiro atoms. The number of nitrogens with one attached hydrogen (secondary N) is 1. The first-order valence-corrected chi connectivity index (χ1v) is 7.53. The maximum Gasteiger partial charge on any atom is 0.320 e. The lowest BCUT2D eigenvalue weighted by molar-refractivity contribution is -0.143. The summed E-state index contributed by atoms with van der Waals surface area (Å²) in [5.41, 5.74) is 0. The standard InChI is InChI=1S/C14H25N3O3/c1-15-13(18)6-10-16-8-4-11(5-9-16)17-7-2-3-12(17)14(19)20/h11-12H,2-10H2,1H3,(H,15,18)(H,19,20). The normalized spacial score (nSPS) is 25.8. The zero-order chi connectivity index (χ0) is 14.5. The average Bonchev–Trinajstić information content (AvgIpc) is 2.95. The van der Waals surface area contributed by atoms with Crippen LogP contribution in [0.1, 0.15) is 32.1 Å². The Bertz CT molecular complexity index is 354. The molecule has 0 aliphatic carbocycles. The molecule has 2 N–H and O–H groups in total. The lowest BCUT2D eigenvalue weighted by Gasteiger charge is -2.38. The zero-order valence-corrected chi connectivity index (χ0v) is 12.2. The summed E-state index contributed by atoms with van der Waals surface area (Å²) < 4.78 is 0. The van der Waals surface area contributed by atoms with Gasteiger partial charge in [-0.2, -0.15) is 0 Å². The van der Waals surface area contributed by atoms with E-state index in [2.05, 4.69) is 15.1 Å². The van der Waals surface area contributed by atoms with Crippen molar-refractivity contribution in [3.8, 4) is 0 Å². The topological polar surface area (TPSA) is 72.9 Å². The Hall–Kier alpha value is -1.14. The first-order valence-electron chi connectivity index (χ1n) is 7.53. The molecule has 114 valence electrons. The largest absolute Gasteiger partial charge is 0.480 e. The lowest BCUT2D eigenvalue weighted by Crippen LogP contribution is -2.49. The number of likely N-dealkylation sites (tertiary alicyclic amines) is 2. The molecule has 0 bridgehead atoms. The Morgan fingerprint density at radius 1 is 1.20 bits per heavy atom. The second-order valence-electron chi connectivity index (χ2n) is 5.73. The molecule has 0 saturated carbocycles. The molecule has 0 aromatic rings. The Morgan fingerprint density at radius 3 is 2.50 bits per heavy atom. The van der Waals surface area contributed by atoms with Crippen molar-refractivity contribution in [1.82, 2.24) is 15.1 Å². The molecule has 0 aromatic heterocycles. The van der Waals surface area contributed by atoms with Crippen LogP contribution in [0.3, 0.4) is 0 Å². The van der Waals surface area contributed by atoms with E-state index < -0.39 is 5.97 Å². The Labute approximate surface area is 120 Å². The van der Waals surface area contributed by atoms with Gasteiger partial charge in [0.25, 0.3) is 0 Å². The Balaban J connectivity index is 1.76. The van der Waals surface area contributed by atoms with Crippen LogP contribution in [0.4, 0.5) is 0 Å². The number of amides is 1. The van der Waals surface area contributed by atoms with Crippen LogP contribution in [0.5, 0.6) is 0 Å². The molecule has 2 heterocycles. The molecular weight excluding hydrogens is 258 g/mol. The van der Waals surface area contributed by atoms with Crippen molar-refractivity contribution in [3.63, 3.8) is 0 Å². The third kappa shape index (κ3) is 3.70. The molecule has 2 saturated heterocycles. The van der Waals surface area contributed by atoms with E-state index in [1.807, 2.05) is 0 Å². The summed E-state index contributed by atoms with van der Waals surface area (Å²) in [4.78, 5) is 26.9. The third-order valence-electron chi connectivity index (χ3n) is 4.54. The molecule has 2 rings (SSSR count). The maximum atomic E-state index is 11.2. The minimum Gasteiger partial charge on any atom is -0.480 e. The summed E-state index contributed by atoms with van der Waals surface area (Å²) >= 11 is 0. The van der Waals surface area contributed by atoms with Gasteiger partial charge in [0.2, 0.25) is 5.91 Å². The van der Waals surface area contributed by atoms with Crippen LogP contribution in [-0.2, 0) is 9.59 Å². The number of hydrogen-bond donors (Lipinski definition) is 2. The predicted molar refractivity (Wildman–Crippen MR) is 75.5 cm³/mol.